The van der Waals surface area contributed by atoms with Crippen LogP contribution in [-0.2, 0) is 6.42 Å². The number of fused-ring (bicyclic) bond motifs is 2. The van der Waals surface area contributed by atoms with Gasteiger partial charge in [0, 0.05) is 5.56 Å². The zero-order valence-corrected chi connectivity index (χ0v) is 13.4. The SMILES string of the molecule is N=C(NO)c1ccc2[nH]c(Cc3nc4cc(C(=O)O)ccc4[nH]3)nc2c1. The Morgan fingerprint density at radius 3 is 2.08 bits per heavy atom. The fourth-order valence-electron chi connectivity index (χ4n) is 2.80. The van der Waals surface area contributed by atoms with Crippen LogP contribution >= 0.6 is 0 Å². The molecule has 0 saturated carbocycles. The summed E-state index contributed by atoms with van der Waals surface area (Å²) in [5.74, 6) is 0.236. The number of hydrogen-bond acceptors (Lipinski definition) is 5. The molecule has 2 aromatic heterocycles. The molecular formula is C17H14N6O3. The molecule has 9 nitrogen and oxygen atoms in total. The fraction of sp³-hybridized carbons (Fsp3) is 0.0588. The van der Waals surface area contributed by atoms with Crippen molar-refractivity contribution in [2.45, 2.75) is 6.42 Å². The third-order valence-corrected chi connectivity index (χ3v) is 4.05. The first kappa shape index (κ1) is 15.8. The van der Waals surface area contributed by atoms with Gasteiger partial charge in [0.25, 0.3) is 0 Å². The zero-order chi connectivity index (χ0) is 18.3. The molecule has 6 N–H and O–H groups in total. The lowest BCUT2D eigenvalue weighted by molar-refractivity contribution is 0.0697. The highest BCUT2D eigenvalue weighted by Crippen LogP contribution is 2.18. The standard InChI is InChI=1S/C17H14N6O3/c18-16(23-26)8-1-3-10-12(5-8)21-14(19-10)7-15-20-11-4-2-9(17(24)25)6-13(11)22-15/h1-6,26H,7H2,(H2,18,23)(H,19,21)(H,20,22)(H,24,25). The number of rotatable bonds is 4. The quantitative estimate of drug-likeness (QED) is 0.188. The van der Waals surface area contributed by atoms with Crippen LogP contribution in [0.15, 0.2) is 36.4 Å². The minimum atomic E-state index is -0.993. The van der Waals surface area contributed by atoms with E-state index >= 15 is 0 Å². The van der Waals surface area contributed by atoms with Crippen molar-refractivity contribution in [3.8, 4) is 0 Å². The Bertz CT molecular complexity index is 1160. The number of nitrogens with one attached hydrogen (secondary N) is 4. The van der Waals surface area contributed by atoms with Crippen LogP contribution in [0.25, 0.3) is 22.1 Å². The van der Waals surface area contributed by atoms with Gasteiger partial charge in [0.2, 0.25) is 0 Å². The van der Waals surface area contributed by atoms with Gasteiger partial charge in [-0.25, -0.2) is 14.8 Å². The molecule has 0 saturated heterocycles. The normalized spacial score (nSPS) is 11.1. The molecule has 0 spiro atoms. The van der Waals surface area contributed by atoms with E-state index in [1.54, 1.807) is 24.3 Å². The van der Waals surface area contributed by atoms with Crippen LogP contribution in [0.3, 0.4) is 0 Å². The van der Waals surface area contributed by atoms with Gasteiger partial charge in [-0.3, -0.25) is 16.1 Å². The second-order valence-electron chi connectivity index (χ2n) is 5.80. The van der Waals surface area contributed by atoms with Gasteiger partial charge in [-0.2, -0.15) is 0 Å². The number of hydrogen-bond donors (Lipinski definition) is 6. The summed E-state index contributed by atoms with van der Waals surface area (Å²) >= 11 is 0. The highest BCUT2D eigenvalue weighted by molar-refractivity contribution is 5.98. The lowest BCUT2D eigenvalue weighted by Crippen LogP contribution is -2.18. The van der Waals surface area contributed by atoms with E-state index in [1.807, 2.05) is 5.48 Å². The van der Waals surface area contributed by atoms with Gasteiger partial charge in [-0.1, -0.05) is 0 Å². The molecule has 0 unspecified atom stereocenters. The van der Waals surface area contributed by atoms with Gasteiger partial charge >= 0.3 is 5.97 Å². The van der Waals surface area contributed by atoms with E-state index in [9.17, 15) is 4.79 Å². The number of carboxylic acid groups (broad SMARTS) is 1. The maximum atomic E-state index is 11.1. The first-order valence-electron chi connectivity index (χ1n) is 7.73. The first-order chi connectivity index (χ1) is 12.5. The molecule has 4 rings (SSSR count). The van der Waals surface area contributed by atoms with Gasteiger partial charge in [0.1, 0.15) is 17.5 Å². The molecule has 0 bridgehead atoms. The predicted octanol–water partition coefficient (Wildman–Crippen LogP) is 2.03. The van der Waals surface area contributed by atoms with Crippen molar-refractivity contribution in [1.82, 2.24) is 25.4 Å². The number of aromatic nitrogens is 4. The number of aromatic carboxylic acids is 1. The minimum Gasteiger partial charge on any atom is -0.478 e. The second-order valence-corrected chi connectivity index (χ2v) is 5.80. The van der Waals surface area contributed by atoms with Gasteiger partial charge in [-0.05, 0) is 36.4 Å². The van der Waals surface area contributed by atoms with Crippen molar-refractivity contribution in [1.29, 1.82) is 5.41 Å². The smallest absolute Gasteiger partial charge is 0.335 e. The van der Waals surface area contributed by atoms with Crippen molar-refractivity contribution in [3.05, 3.63) is 59.2 Å². The van der Waals surface area contributed by atoms with E-state index < -0.39 is 5.97 Å². The third-order valence-electron chi connectivity index (χ3n) is 4.05. The van der Waals surface area contributed by atoms with Crippen LogP contribution < -0.4 is 5.48 Å². The lowest BCUT2D eigenvalue weighted by Gasteiger charge is -2.00. The van der Waals surface area contributed by atoms with E-state index in [-0.39, 0.29) is 11.4 Å². The number of H-pyrrole nitrogens is 2. The Balaban J connectivity index is 1.65. The summed E-state index contributed by atoms with van der Waals surface area (Å²) in [6, 6.07) is 9.91. The molecule has 26 heavy (non-hydrogen) atoms. The minimum absolute atomic E-state index is 0.108. The Kier molecular flexibility index (Phi) is 3.63. The highest BCUT2D eigenvalue weighted by atomic mass is 16.5. The molecule has 2 aromatic carbocycles. The Labute approximate surface area is 146 Å². The Morgan fingerprint density at radius 1 is 1.00 bits per heavy atom. The van der Waals surface area contributed by atoms with Crippen molar-refractivity contribution in [3.63, 3.8) is 0 Å². The number of imidazole rings is 2. The van der Waals surface area contributed by atoms with Crippen LogP contribution in [0.5, 0.6) is 0 Å². The Hall–Kier alpha value is -3.72. The van der Waals surface area contributed by atoms with E-state index in [0.29, 0.717) is 34.7 Å². The van der Waals surface area contributed by atoms with Gasteiger partial charge in [-0.15, -0.1) is 0 Å². The summed E-state index contributed by atoms with van der Waals surface area (Å²) in [7, 11) is 0. The number of hydroxylamine groups is 1. The van der Waals surface area contributed by atoms with Crippen molar-refractivity contribution >= 4 is 33.9 Å². The van der Waals surface area contributed by atoms with Crippen LogP contribution in [-0.4, -0.2) is 42.1 Å². The number of carbonyl (C=O) groups is 1. The number of nitrogens with zero attached hydrogens (tertiary/aromatic N) is 2. The molecule has 4 aromatic rings. The Morgan fingerprint density at radius 2 is 1.54 bits per heavy atom. The fourth-order valence-corrected chi connectivity index (χ4v) is 2.80. The van der Waals surface area contributed by atoms with E-state index in [1.165, 1.54) is 12.1 Å². The van der Waals surface area contributed by atoms with E-state index in [0.717, 1.165) is 11.0 Å². The average Bonchev–Trinajstić information content (AvgIpc) is 3.22. The number of amidine groups is 1. The van der Waals surface area contributed by atoms with E-state index in [2.05, 4.69) is 19.9 Å². The molecule has 0 aliphatic carbocycles. The van der Waals surface area contributed by atoms with Gasteiger partial charge in [0.05, 0.1) is 34.1 Å². The van der Waals surface area contributed by atoms with Gasteiger partial charge in [0.15, 0.2) is 0 Å². The molecule has 9 heteroatoms. The molecule has 0 aliphatic heterocycles. The van der Waals surface area contributed by atoms with Crippen molar-refractivity contribution in [2.75, 3.05) is 0 Å². The summed E-state index contributed by atoms with van der Waals surface area (Å²) in [4.78, 5) is 26.3. The molecule has 0 fully saturated rings. The summed E-state index contributed by atoms with van der Waals surface area (Å²) in [6.45, 7) is 0. The predicted molar refractivity (Wildman–Crippen MR) is 93.7 cm³/mol. The van der Waals surface area contributed by atoms with E-state index in [4.69, 9.17) is 15.7 Å². The molecule has 130 valence electrons. The molecular weight excluding hydrogens is 336 g/mol. The van der Waals surface area contributed by atoms with Crippen LogP contribution in [0.4, 0.5) is 0 Å². The van der Waals surface area contributed by atoms with Crippen LogP contribution in [0.1, 0.15) is 27.6 Å². The molecule has 2 heterocycles. The second kappa shape index (κ2) is 5.97. The first-order valence-corrected chi connectivity index (χ1v) is 7.73. The summed E-state index contributed by atoms with van der Waals surface area (Å²) < 4.78 is 0. The monoisotopic (exact) mass is 350 g/mol. The molecule has 0 atom stereocenters. The maximum Gasteiger partial charge on any atom is 0.335 e. The van der Waals surface area contributed by atoms with Crippen molar-refractivity contribution in [2.24, 2.45) is 0 Å². The molecule has 0 amide bonds. The van der Waals surface area contributed by atoms with Crippen LogP contribution in [0.2, 0.25) is 0 Å². The lowest BCUT2D eigenvalue weighted by atomic mass is 10.2. The third kappa shape index (κ3) is 2.76. The summed E-state index contributed by atoms with van der Waals surface area (Å²) in [5, 5.41) is 25.5. The zero-order valence-electron chi connectivity index (χ0n) is 13.4. The maximum absolute atomic E-state index is 11.1. The van der Waals surface area contributed by atoms with Crippen molar-refractivity contribution < 1.29 is 15.1 Å². The highest BCUT2D eigenvalue weighted by Gasteiger charge is 2.11. The summed E-state index contributed by atoms with van der Waals surface area (Å²) in [5.41, 5.74) is 5.32. The number of benzene rings is 2. The van der Waals surface area contributed by atoms with Gasteiger partial charge < -0.3 is 15.1 Å². The molecule has 0 radical (unpaired) electrons. The molecule has 0 aliphatic rings. The topological polar surface area (TPSA) is 151 Å². The number of carboxylic acids is 1. The average molecular weight is 350 g/mol. The number of aromatic amines is 2. The largest absolute Gasteiger partial charge is 0.478 e. The summed E-state index contributed by atoms with van der Waals surface area (Å²) in [6.07, 6.45) is 0.413. The van der Waals surface area contributed by atoms with Crippen LogP contribution in [0, 0.1) is 5.41 Å².